The van der Waals surface area contributed by atoms with Crippen LogP contribution in [0.15, 0.2) is 99.1 Å². The van der Waals surface area contributed by atoms with E-state index >= 15 is 0 Å². The number of aromatic hydroxyl groups is 2. The van der Waals surface area contributed by atoms with Gasteiger partial charge in [-0.25, -0.2) is 8.78 Å². The van der Waals surface area contributed by atoms with Crippen molar-refractivity contribution < 1.29 is 53.7 Å². The zero-order valence-electron chi connectivity index (χ0n) is 31.2. The fourth-order valence-corrected chi connectivity index (χ4v) is 7.03. The predicted octanol–water partition coefficient (Wildman–Crippen LogP) is 8.32. The number of oxime groups is 1. The number of nitrogen functional groups attached to an aromatic ring is 1. The maximum Gasteiger partial charge on any atom is 0.172 e. The molecule has 57 heavy (non-hydrogen) atoms. The van der Waals surface area contributed by atoms with Crippen LogP contribution < -0.4 is 11.5 Å². The molecular weight excluding hydrogens is 829 g/mol. The Morgan fingerprint density at radius 1 is 0.684 bits per heavy atom. The minimum Gasteiger partial charge on any atom is -0.508 e. The van der Waals surface area contributed by atoms with Gasteiger partial charge in [-0.3, -0.25) is 5.41 Å². The third-order valence-electron chi connectivity index (χ3n) is 9.27. The summed E-state index contributed by atoms with van der Waals surface area (Å²) in [5.41, 5.74) is 18.1. The van der Waals surface area contributed by atoms with Gasteiger partial charge in [0.25, 0.3) is 0 Å². The molecule has 0 bridgehead atoms. The number of halogens is 2. The summed E-state index contributed by atoms with van der Waals surface area (Å²) in [4.78, 5) is 0. The Labute approximate surface area is 338 Å². The number of phenols is 2. The van der Waals surface area contributed by atoms with E-state index in [0.29, 0.717) is 78.4 Å². The van der Waals surface area contributed by atoms with Gasteiger partial charge in [0.2, 0.25) is 0 Å². The molecule has 16 heteroatoms. The Bertz CT molecular complexity index is 2800. The van der Waals surface area contributed by atoms with Gasteiger partial charge in [0, 0.05) is 43.3 Å². The van der Waals surface area contributed by atoms with Crippen molar-refractivity contribution in [3.63, 3.8) is 0 Å². The molecule has 8 rings (SSSR count). The molecule has 0 unspecified atom stereocenters. The van der Waals surface area contributed by atoms with Crippen molar-refractivity contribution in [1.29, 1.82) is 5.41 Å². The molecule has 296 valence electrons. The molecule has 4 heterocycles. The summed E-state index contributed by atoms with van der Waals surface area (Å²) < 4.78 is 43.6. The van der Waals surface area contributed by atoms with Crippen LogP contribution in [0.4, 0.5) is 8.78 Å². The Kier molecular flexibility index (Phi) is 11.7. The zero-order chi connectivity index (χ0) is 39.3. The van der Waals surface area contributed by atoms with E-state index in [4.69, 9.17) is 25.9 Å². The average Bonchev–Trinajstić information content (AvgIpc) is 3.87. The molecule has 4 aromatic heterocycles. The van der Waals surface area contributed by atoms with Crippen LogP contribution in [0.25, 0.3) is 55.7 Å². The zero-order valence-corrected chi connectivity index (χ0v) is 32.8. The number of hydrogen-bond donors (Lipinski definition) is 6. The Balaban J connectivity index is 0.000000210. The maximum absolute atomic E-state index is 14.8. The van der Waals surface area contributed by atoms with Crippen LogP contribution in [-0.4, -0.2) is 46.5 Å². The molecule has 13 nitrogen and oxygen atoms in total. The van der Waals surface area contributed by atoms with Crippen LogP contribution in [0.3, 0.4) is 0 Å². The van der Waals surface area contributed by atoms with E-state index in [1.54, 1.807) is 49.0 Å². The predicted molar refractivity (Wildman–Crippen MR) is 210 cm³/mol. The fraction of sp³-hybridized carbons (Fsp3) is 0.0976. The Morgan fingerprint density at radius 3 is 1.46 bits per heavy atom. The van der Waals surface area contributed by atoms with Gasteiger partial charge >= 0.3 is 0 Å². The first-order valence-electron chi connectivity index (χ1n) is 16.8. The fourth-order valence-electron chi connectivity index (χ4n) is 7.03. The van der Waals surface area contributed by atoms with Gasteiger partial charge < -0.3 is 52.5 Å². The number of nitrogens with zero attached hydrogens (tertiary/aromatic N) is 5. The molecule has 0 atom stereocenters. The number of para-hydroxylation sites is 2. The summed E-state index contributed by atoms with van der Waals surface area (Å²) in [5.74, 6) is -0.792. The van der Waals surface area contributed by atoms with Crippen molar-refractivity contribution in [2.45, 2.75) is 27.7 Å². The number of nitrogens with one attached hydrogen (secondary N) is 1. The van der Waals surface area contributed by atoms with Crippen LogP contribution in [0, 0.1) is 52.2 Å². The summed E-state index contributed by atoms with van der Waals surface area (Å²) in [6.07, 6.45) is 0. The molecule has 0 aliphatic heterocycles. The third-order valence-corrected chi connectivity index (χ3v) is 9.27. The van der Waals surface area contributed by atoms with Crippen LogP contribution >= 0.6 is 0 Å². The van der Waals surface area contributed by atoms with E-state index in [2.05, 4.69) is 15.5 Å². The molecule has 8 N–H and O–H groups in total. The molecule has 0 amide bonds. The van der Waals surface area contributed by atoms with E-state index in [1.807, 2.05) is 36.4 Å². The number of aromatic nitrogens is 4. The minimum atomic E-state index is -0.625. The summed E-state index contributed by atoms with van der Waals surface area (Å²) >= 11 is 0. The van der Waals surface area contributed by atoms with Gasteiger partial charge in [-0.1, -0.05) is 51.9 Å². The van der Waals surface area contributed by atoms with Crippen molar-refractivity contribution in [2.75, 3.05) is 0 Å². The van der Waals surface area contributed by atoms with E-state index in [0.717, 1.165) is 12.1 Å². The normalized spacial score (nSPS) is 11.2. The third kappa shape index (κ3) is 7.01. The summed E-state index contributed by atoms with van der Waals surface area (Å²) in [6.45, 7) is 7.04. The first-order valence-corrected chi connectivity index (χ1v) is 16.8. The number of rotatable bonds is 6. The van der Waals surface area contributed by atoms with Crippen molar-refractivity contribution in [3.05, 3.63) is 138 Å². The van der Waals surface area contributed by atoms with E-state index in [-0.39, 0.29) is 62.4 Å². The number of hydrogen-bond acceptors (Lipinski definition) is 9. The monoisotopic (exact) mass is 865 g/mol. The number of nitrogens with two attached hydrogens (primary N) is 2. The second-order valence-electron chi connectivity index (χ2n) is 12.7. The number of phenolic OH excluding ortho intramolecular Hbond substituents is 2. The van der Waals surface area contributed by atoms with Gasteiger partial charge in [-0.15, -0.1) is 0 Å². The number of fused-ring (bicyclic) bond motifs is 2. The van der Waals surface area contributed by atoms with Gasteiger partial charge in [-0.05, 0) is 64.1 Å². The number of benzene rings is 4. The smallest absolute Gasteiger partial charge is 0.172 e. The SMILES string of the molecule is Cc1noc(C)c1-c1c(/C(N)=N/O)c2ccccc2n1-c1ccc(O)cc1F.Cc1noc(C)c1-c1c(C(=N)N)c2ccccc2n1-c1ccc(O)cc1F.[CH3-].[Pd]. The topological polar surface area (TPSA) is 211 Å². The molecule has 0 radical (unpaired) electrons. The molecule has 0 aliphatic carbocycles. The van der Waals surface area contributed by atoms with Gasteiger partial charge in [0.05, 0.1) is 67.4 Å². The minimum absolute atomic E-state index is 0. The summed E-state index contributed by atoms with van der Waals surface area (Å²) in [5, 5.41) is 49.3. The molecule has 0 saturated heterocycles. The van der Waals surface area contributed by atoms with Gasteiger partial charge in [0.1, 0.15) is 28.9 Å². The number of aryl methyl sites for hydroxylation is 4. The molecule has 0 fully saturated rings. The second kappa shape index (κ2) is 16.1. The standard InChI is InChI=1S/C20H17FN4O3.C20H17FN4O2.CH3.Pd/c1-10-17(11(2)28-24-10)19-18(20(22)23-27)13-5-3-4-6-15(13)25(19)16-8-7-12(26)9-14(16)21;1-10-17(11(2)27-24-10)19-18(20(22)23)13-5-3-4-6-15(13)25(19)16-8-7-12(26)9-14(16)21;;/h3-9,26-27H,1-2H3,(H2,22,23);3-9,26H,1-2H3,(H3,22,23);1H3;/q;;-1;. The molecule has 0 aliphatic rings. The number of amidine groups is 2. The molecule has 8 aromatic rings. The maximum atomic E-state index is 14.8. The van der Waals surface area contributed by atoms with E-state index in [1.165, 1.54) is 24.3 Å². The van der Waals surface area contributed by atoms with Crippen molar-refractivity contribution >= 4 is 33.5 Å². The van der Waals surface area contributed by atoms with Gasteiger partial charge in [-0.2, -0.15) is 0 Å². The van der Waals surface area contributed by atoms with Crippen LogP contribution in [0.2, 0.25) is 0 Å². The summed E-state index contributed by atoms with van der Waals surface area (Å²) in [6, 6.07) is 22.4. The van der Waals surface area contributed by atoms with Gasteiger partial charge in [0.15, 0.2) is 17.5 Å². The first kappa shape index (κ1) is 41.4. The Hall–Kier alpha value is -6.76. The largest absolute Gasteiger partial charge is 0.508 e. The second-order valence-corrected chi connectivity index (χ2v) is 12.7. The molecule has 0 saturated carbocycles. The molecular formula is C41H37F2N8O5Pd-. The van der Waals surface area contributed by atoms with Crippen molar-refractivity contribution in [2.24, 2.45) is 16.6 Å². The molecule has 4 aromatic carbocycles. The van der Waals surface area contributed by atoms with Crippen molar-refractivity contribution in [3.8, 4) is 45.4 Å². The Morgan fingerprint density at radius 2 is 1.09 bits per heavy atom. The van der Waals surface area contributed by atoms with Crippen LogP contribution in [0.5, 0.6) is 11.5 Å². The van der Waals surface area contributed by atoms with E-state index < -0.39 is 11.6 Å². The van der Waals surface area contributed by atoms with E-state index in [9.17, 15) is 24.2 Å². The average molecular weight is 866 g/mol. The van der Waals surface area contributed by atoms with Crippen LogP contribution in [0.1, 0.15) is 34.0 Å². The van der Waals surface area contributed by atoms with Crippen LogP contribution in [-0.2, 0) is 20.4 Å². The first-order chi connectivity index (χ1) is 26.3. The quantitative estimate of drug-likeness (QED) is 0.0237. The molecule has 0 spiro atoms. The summed E-state index contributed by atoms with van der Waals surface area (Å²) in [7, 11) is 0. The van der Waals surface area contributed by atoms with Crippen molar-refractivity contribution in [1.82, 2.24) is 19.4 Å².